The topological polar surface area (TPSA) is 102 Å². The van der Waals surface area contributed by atoms with Gasteiger partial charge < -0.3 is 25.5 Å². The predicted octanol–water partition coefficient (Wildman–Crippen LogP) is 1.39. The van der Waals surface area contributed by atoms with E-state index in [-0.39, 0.29) is 43.4 Å². The SMILES string of the molecule is CCc1cccc(CNC[C@H](O)[C@H](Cc2cc(F)cc(F)c2)NC(=O)CN2CC(=O)N(C)[C@H](C)C2=O)c1. The summed E-state index contributed by atoms with van der Waals surface area (Å²) in [7, 11) is 1.53. The fourth-order valence-corrected chi connectivity index (χ4v) is 4.29. The van der Waals surface area contributed by atoms with E-state index in [2.05, 4.69) is 23.6 Å². The second-order valence-corrected chi connectivity index (χ2v) is 9.40. The minimum absolute atomic E-state index is 0.0411. The van der Waals surface area contributed by atoms with Crippen LogP contribution in [-0.4, -0.2) is 77.5 Å². The summed E-state index contributed by atoms with van der Waals surface area (Å²) >= 11 is 0. The summed E-state index contributed by atoms with van der Waals surface area (Å²) in [5.41, 5.74) is 2.48. The molecule has 200 valence electrons. The van der Waals surface area contributed by atoms with Gasteiger partial charge in [-0.3, -0.25) is 14.4 Å². The normalized spacial score (nSPS) is 17.6. The number of halogens is 2. The fraction of sp³-hybridized carbons (Fsp3) is 0.444. The van der Waals surface area contributed by atoms with Gasteiger partial charge in [0, 0.05) is 26.2 Å². The Morgan fingerprint density at radius 3 is 2.46 bits per heavy atom. The van der Waals surface area contributed by atoms with Crippen molar-refractivity contribution in [3.05, 3.63) is 70.8 Å². The van der Waals surface area contributed by atoms with Crippen molar-refractivity contribution in [1.29, 1.82) is 0 Å². The first-order chi connectivity index (χ1) is 17.6. The van der Waals surface area contributed by atoms with Gasteiger partial charge in [0.2, 0.25) is 17.7 Å². The van der Waals surface area contributed by atoms with Crippen LogP contribution in [0.1, 0.15) is 30.5 Å². The molecule has 3 amide bonds. The molecule has 0 radical (unpaired) electrons. The number of nitrogens with zero attached hydrogens (tertiary/aromatic N) is 2. The Hall–Kier alpha value is -3.37. The van der Waals surface area contributed by atoms with E-state index in [0.29, 0.717) is 6.54 Å². The van der Waals surface area contributed by atoms with Gasteiger partial charge in [-0.1, -0.05) is 31.2 Å². The molecule has 1 heterocycles. The smallest absolute Gasteiger partial charge is 0.246 e. The van der Waals surface area contributed by atoms with Crippen molar-refractivity contribution in [3.63, 3.8) is 0 Å². The molecule has 0 aliphatic carbocycles. The second kappa shape index (κ2) is 12.7. The minimum Gasteiger partial charge on any atom is -0.390 e. The number of carbonyl (C=O) groups excluding carboxylic acids is 3. The molecule has 2 aromatic rings. The molecule has 3 N–H and O–H groups in total. The molecule has 3 rings (SSSR count). The monoisotopic (exact) mass is 516 g/mol. The number of rotatable bonds is 11. The van der Waals surface area contributed by atoms with Crippen LogP contribution in [0.4, 0.5) is 8.78 Å². The lowest BCUT2D eigenvalue weighted by molar-refractivity contribution is -0.154. The third kappa shape index (κ3) is 7.80. The van der Waals surface area contributed by atoms with Gasteiger partial charge in [-0.05, 0) is 48.6 Å². The van der Waals surface area contributed by atoms with Gasteiger partial charge in [0.1, 0.15) is 30.8 Å². The number of carbonyl (C=O) groups is 3. The molecule has 37 heavy (non-hydrogen) atoms. The molecular weight excluding hydrogens is 482 g/mol. The summed E-state index contributed by atoms with van der Waals surface area (Å²) in [6.45, 7) is 3.62. The predicted molar refractivity (Wildman–Crippen MR) is 134 cm³/mol. The van der Waals surface area contributed by atoms with Crippen LogP contribution in [0.5, 0.6) is 0 Å². The number of aryl methyl sites for hydroxylation is 1. The van der Waals surface area contributed by atoms with Crippen LogP contribution in [0.15, 0.2) is 42.5 Å². The van der Waals surface area contributed by atoms with Gasteiger partial charge in [-0.2, -0.15) is 0 Å². The molecule has 0 saturated carbocycles. The third-order valence-corrected chi connectivity index (χ3v) is 6.58. The number of benzene rings is 2. The first-order valence-corrected chi connectivity index (χ1v) is 12.3. The van der Waals surface area contributed by atoms with Crippen LogP contribution in [0.3, 0.4) is 0 Å². The Morgan fingerprint density at radius 2 is 1.78 bits per heavy atom. The van der Waals surface area contributed by atoms with E-state index in [1.54, 1.807) is 6.92 Å². The van der Waals surface area contributed by atoms with Crippen molar-refractivity contribution in [1.82, 2.24) is 20.4 Å². The van der Waals surface area contributed by atoms with E-state index in [1.807, 2.05) is 18.2 Å². The molecule has 10 heteroatoms. The van der Waals surface area contributed by atoms with Crippen LogP contribution in [0.25, 0.3) is 0 Å². The number of nitrogens with one attached hydrogen (secondary N) is 2. The Bertz CT molecular complexity index is 1110. The van der Waals surface area contributed by atoms with Gasteiger partial charge in [-0.15, -0.1) is 0 Å². The zero-order valence-electron chi connectivity index (χ0n) is 21.3. The third-order valence-electron chi connectivity index (χ3n) is 6.58. The highest BCUT2D eigenvalue weighted by atomic mass is 19.1. The lowest BCUT2D eigenvalue weighted by atomic mass is 10.0. The number of hydrogen-bond donors (Lipinski definition) is 3. The molecule has 0 bridgehead atoms. The number of likely N-dealkylation sites (N-methyl/N-ethyl adjacent to an activating group) is 1. The zero-order valence-corrected chi connectivity index (χ0v) is 21.3. The summed E-state index contributed by atoms with van der Waals surface area (Å²) in [6.07, 6.45) is -0.247. The van der Waals surface area contributed by atoms with Crippen LogP contribution in [0, 0.1) is 11.6 Å². The molecule has 1 aliphatic heterocycles. The number of amides is 3. The summed E-state index contributed by atoms with van der Waals surface area (Å²) < 4.78 is 27.5. The van der Waals surface area contributed by atoms with Crippen LogP contribution < -0.4 is 10.6 Å². The standard InChI is InChI=1S/C27H34F2N4O4/c1-4-18-6-5-7-19(8-18)13-30-14-24(34)23(11-20-9-21(28)12-22(29)10-20)31-25(35)15-33-16-26(36)32(3)17(2)27(33)37/h5-10,12,17,23-24,30,34H,4,11,13-16H2,1-3H3,(H,31,35)/t17-,23+,24+/m1/s1. The molecular formula is C27H34F2N4O4. The first-order valence-electron chi connectivity index (χ1n) is 12.3. The maximum atomic E-state index is 13.8. The zero-order chi connectivity index (χ0) is 27.1. The molecule has 1 aliphatic rings. The van der Waals surface area contributed by atoms with Gasteiger partial charge in [0.25, 0.3) is 0 Å². The van der Waals surface area contributed by atoms with Gasteiger partial charge >= 0.3 is 0 Å². The Morgan fingerprint density at radius 1 is 1.11 bits per heavy atom. The summed E-state index contributed by atoms with van der Waals surface area (Å²) in [6, 6.07) is 9.44. The van der Waals surface area contributed by atoms with Crippen molar-refractivity contribution in [2.24, 2.45) is 0 Å². The number of piperazine rings is 1. The second-order valence-electron chi connectivity index (χ2n) is 9.40. The van der Waals surface area contributed by atoms with E-state index in [4.69, 9.17) is 0 Å². The largest absolute Gasteiger partial charge is 0.390 e. The maximum Gasteiger partial charge on any atom is 0.246 e. The van der Waals surface area contributed by atoms with Crippen molar-refractivity contribution in [2.75, 3.05) is 26.7 Å². The molecule has 0 unspecified atom stereocenters. The van der Waals surface area contributed by atoms with Crippen molar-refractivity contribution in [3.8, 4) is 0 Å². The lowest BCUT2D eigenvalue weighted by Gasteiger charge is -2.36. The quantitative estimate of drug-likeness (QED) is 0.419. The van der Waals surface area contributed by atoms with Gasteiger partial charge in [0.05, 0.1) is 12.1 Å². The van der Waals surface area contributed by atoms with Crippen molar-refractivity contribution in [2.45, 2.75) is 51.4 Å². The lowest BCUT2D eigenvalue weighted by Crippen LogP contribution is -2.60. The summed E-state index contributed by atoms with van der Waals surface area (Å²) in [5, 5.41) is 16.8. The van der Waals surface area contributed by atoms with Crippen LogP contribution >= 0.6 is 0 Å². The fourth-order valence-electron chi connectivity index (χ4n) is 4.29. The van der Waals surface area contributed by atoms with Gasteiger partial charge in [-0.25, -0.2) is 8.78 Å². The van der Waals surface area contributed by atoms with Crippen LogP contribution in [-0.2, 0) is 33.8 Å². The molecule has 1 fully saturated rings. The van der Waals surface area contributed by atoms with E-state index in [9.17, 15) is 28.3 Å². The van der Waals surface area contributed by atoms with Gasteiger partial charge in [0.15, 0.2) is 0 Å². The van der Waals surface area contributed by atoms with E-state index in [1.165, 1.54) is 17.5 Å². The van der Waals surface area contributed by atoms with E-state index < -0.39 is 35.7 Å². The highest BCUT2D eigenvalue weighted by Crippen LogP contribution is 2.14. The average molecular weight is 517 g/mol. The molecule has 8 nitrogen and oxygen atoms in total. The van der Waals surface area contributed by atoms with E-state index >= 15 is 0 Å². The summed E-state index contributed by atoms with van der Waals surface area (Å²) in [5.74, 6) is -2.77. The molecule has 0 aromatic heterocycles. The number of aliphatic hydroxyl groups is 1. The Balaban J connectivity index is 1.67. The first kappa shape index (κ1) is 28.2. The van der Waals surface area contributed by atoms with Crippen molar-refractivity contribution >= 4 is 17.7 Å². The highest BCUT2D eigenvalue weighted by molar-refractivity contribution is 5.96. The Labute approximate surface area is 215 Å². The van der Waals surface area contributed by atoms with E-state index in [0.717, 1.165) is 35.1 Å². The molecule has 0 spiro atoms. The van der Waals surface area contributed by atoms with Crippen molar-refractivity contribution < 1.29 is 28.3 Å². The number of aliphatic hydroxyl groups excluding tert-OH is 1. The molecule has 2 aromatic carbocycles. The highest BCUT2D eigenvalue weighted by Gasteiger charge is 2.35. The maximum absolute atomic E-state index is 13.8. The average Bonchev–Trinajstić information content (AvgIpc) is 2.85. The minimum atomic E-state index is -1.10. The molecule has 3 atom stereocenters. The van der Waals surface area contributed by atoms with Crippen LogP contribution in [0.2, 0.25) is 0 Å². The Kier molecular flexibility index (Phi) is 9.71. The summed E-state index contributed by atoms with van der Waals surface area (Å²) in [4.78, 5) is 40.0. The number of hydrogen-bond acceptors (Lipinski definition) is 5. The molecule has 1 saturated heterocycles.